The molecule has 1 aromatic heterocycles. The highest BCUT2D eigenvalue weighted by Crippen LogP contribution is 2.43. The molecule has 3 rings (SSSR count). The molecule has 1 aromatic carbocycles. The topological polar surface area (TPSA) is 99.3 Å². The number of carbonyl (C=O) groups is 1. The van der Waals surface area contributed by atoms with Gasteiger partial charge in [-0.05, 0) is 31.2 Å². The number of amides is 1. The van der Waals surface area contributed by atoms with Crippen molar-refractivity contribution in [3.05, 3.63) is 41.7 Å². The molecule has 0 unspecified atom stereocenters. The summed E-state index contributed by atoms with van der Waals surface area (Å²) in [7, 11) is 0. The van der Waals surface area contributed by atoms with E-state index in [2.05, 4.69) is 10.1 Å². The smallest absolute Gasteiger partial charge is 0.283 e. The van der Waals surface area contributed by atoms with E-state index < -0.39 is 5.91 Å². The monoisotopic (exact) mass is 315 g/mol. The molecule has 2 aromatic rings. The Hall–Kier alpha value is -2.28. The predicted molar refractivity (Wildman–Crippen MR) is 87.5 cm³/mol. The highest BCUT2D eigenvalue weighted by molar-refractivity contribution is 7.98. The number of benzene rings is 1. The van der Waals surface area contributed by atoms with Crippen LogP contribution in [0, 0.1) is 0 Å². The molecule has 6 nitrogen and oxygen atoms in total. The fraction of sp³-hybridized carbons (Fsp3) is 0.267. The second-order valence-electron chi connectivity index (χ2n) is 5.14. The van der Waals surface area contributed by atoms with Crippen molar-refractivity contribution in [2.24, 2.45) is 16.5 Å². The van der Waals surface area contributed by atoms with E-state index in [1.54, 1.807) is 18.0 Å². The van der Waals surface area contributed by atoms with Gasteiger partial charge in [0.05, 0.1) is 23.1 Å². The lowest BCUT2D eigenvalue weighted by atomic mass is 10.1. The molecule has 0 spiro atoms. The fourth-order valence-corrected chi connectivity index (χ4v) is 3.02. The van der Waals surface area contributed by atoms with Crippen LogP contribution < -0.4 is 11.5 Å². The Morgan fingerprint density at radius 3 is 2.73 bits per heavy atom. The summed E-state index contributed by atoms with van der Waals surface area (Å²) in [5, 5.41) is 4.42. The van der Waals surface area contributed by atoms with Crippen LogP contribution in [0.4, 0.5) is 0 Å². The number of hydrogen-bond acceptors (Lipinski definition) is 3. The second-order valence-corrected chi connectivity index (χ2v) is 5.99. The number of nitrogens with two attached hydrogens (primary N) is 2. The summed E-state index contributed by atoms with van der Waals surface area (Å²) < 4.78 is 1.85. The van der Waals surface area contributed by atoms with E-state index in [0.717, 1.165) is 29.1 Å². The van der Waals surface area contributed by atoms with E-state index >= 15 is 0 Å². The maximum atomic E-state index is 12.2. The van der Waals surface area contributed by atoms with Crippen molar-refractivity contribution in [2.45, 2.75) is 23.7 Å². The van der Waals surface area contributed by atoms with Crippen LogP contribution in [0.2, 0.25) is 0 Å². The molecule has 1 heterocycles. The summed E-state index contributed by atoms with van der Waals surface area (Å²) in [5.74, 6) is -0.329. The van der Waals surface area contributed by atoms with Gasteiger partial charge in [-0.25, -0.2) is 4.68 Å². The molecule has 0 bridgehead atoms. The predicted octanol–water partition coefficient (Wildman–Crippen LogP) is 1.89. The summed E-state index contributed by atoms with van der Waals surface area (Å²) in [6.45, 7) is 0. The molecule has 1 aliphatic rings. The average Bonchev–Trinajstić information content (AvgIpc) is 3.24. The first-order valence-electron chi connectivity index (χ1n) is 6.97. The first kappa shape index (κ1) is 14.6. The SMILES string of the molecule is CSc1ccccc1-n1ncc(C(=O)N=C(N)N)c1C1CC1. The van der Waals surface area contributed by atoms with Crippen LogP contribution in [-0.4, -0.2) is 27.9 Å². The van der Waals surface area contributed by atoms with Gasteiger partial charge in [-0.2, -0.15) is 10.1 Å². The van der Waals surface area contributed by atoms with Crippen molar-refractivity contribution in [2.75, 3.05) is 6.26 Å². The average molecular weight is 315 g/mol. The zero-order chi connectivity index (χ0) is 15.7. The van der Waals surface area contributed by atoms with E-state index in [-0.39, 0.29) is 5.96 Å². The molecule has 0 radical (unpaired) electrons. The van der Waals surface area contributed by atoms with Crippen molar-refractivity contribution >= 4 is 23.6 Å². The first-order valence-corrected chi connectivity index (χ1v) is 8.19. The quantitative estimate of drug-likeness (QED) is 0.510. The zero-order valence-corrected chi connectivity index (χ0v) is 13.0. The van der Waals surface area contributed by atoms with Gasteiger partial charge in [0.2, 0.25) is 0 Å². The molecule has 0 atom stereocenters. The number of para-hydroxylation sites is 1. The van der Waals surface area contributed by atoms with Crippen LogP contribution >= 0.6 is 11.8 Å². The van der Waals surface area contributed by atoms with Gasteiger partial charge in [0, 0.05) is 10.8 Å². The molecule has 0 saturated heterocycles. The van der Waals surface area contributed by atoms with Crippen molar-refractivity contribution in [1.29, 1.82) is 0 Å². The van der Waals surface area contributed by atoms with Crippen molar-refractivity contribution < 1.29 is 4.79 Å². The fourth-order valence-electron chi connectivity index (χ4n) is 2.45. The molecule has 1 aliphatic carbocycles. The first-order chi connectivity index (χ1) is 10.6. The van der Waals surface area contributed by atoms with Gasteiger partial charge in [0.1, 0.15) is 0 Å². The van der Waals surface area contributed by atoms with Crippen LogP contribution in [0.25, 0.3) is 5.69 Å². The highest BCUT2D eigenvalue weighted by atomic mass is 32.2. The third-order valence-electron chi connectivity index (χ3n) is 3.54. The van der Waals surface area contributed by atoms with Crippen LogP contribution in [0.5, 0.6) is 0 Å². The Balaban J connectivity index is 2.12. The number of hydrogen-bond donors (Lipinski definition) is 2. The number of carbonyl (C=O) groups excluding carboxylic acids is 1. The molecule has 22 heavy (non-hydrogen) atoms. The van der Waals surface area contributed by atoms with Gasteiger partial charge in [-0.15, -0.1) is 11.8 Å². The summed E-state index contributed by atoms with van der Waals surface area (Å²) in [4.78, 5) is 16.9. The van der Waals surface area contributed by atoms with Gasteiger partial charge in [-0.3, -0.25) is 4.79 Å². The molecule has 114 valence electrons. The van der Waals surface area contributed by atoms with Gasteiger partial charge in [-0.1, -0.05) is 12.1 Å². The third kappa shape index (κ3) is 2.71. The normalized spacial score (nSPS) is 13.9. The Bertz CT molecular complexity index is 744. The minimum absolute atomic E-state index is 0.232. The van der Waals surface area contributed by atoms with E-state index in [0.29, 0.717) is 11.5 Å². The Kier molecular flexibility index (Phi) is 3.89. The van der Waals surface area contributed by atoms with E-state index in [4.69, 9.17) is 11.5 Å². The lowest BCUT2D eigenvalue weighted by Gasteiger charge is -2.11. The van der Waals surface area contributed by atoms with Crippen LogP contribution in [0.3, 0.4) is 0 Å². The molecule has 1 amide bonds. The molecular weight excluding hydrogens is 298 g/mol. The van der Waals surface area contributed by atoms with Crippen molar-refractivity contribution in [3.8, 4) is 5.69 Å². The minimum Gasteiger partial charge on any atom is -0.370 e. The second kappa shape index (κ2) is 5.84. The summed E-state index contributed by atoms with van der Waals surface area (Å²) in [6, 6.07) is 7.99. The third-order valence-corrected chi connectivity index (χ3v) is 4.33. The van der Waals surface area contributed by atoms with Crippen LogP contribution in [-0.2, 0) is 0 Å². The number of guanidine groups is 1. The van der Waals surface area contributed by atoms with Gasteiger partial charge < -0.3 is 11.5 Å². The molecule has 0 aliphatic heterocycles. The minimum atomic E-state index is -0.435. The van der Waals surface area contributed by atoms with E-state index in [1.165, 1.54) is 0 Å². The largest absolute Gasteiger partial charge is 0.370 e. The van der Waals surface area contributed by atoms with Gasteiger partial charge in [0.25, 0.3) is 5.91 Å². The van der Waals surface area contributed by atoms with Crippen LogP contribution in [0.15, 0.2) is 40.4 Å². The maximum Gasteiger partial charge on any atom is 0.283 e. The molecule has 4 N–H and O–H groups in total. The molecule has 7 heteroatoms. The van der Waals surface area contributed by atoms with Gasteiger partial charge >= 0.3 is 0 Å². The Labute approximate surface area is 132 Å². The lowest BCUT2D eigenvalue weighted by molar-refractivity contribution is 0.100. The molecule has 1 fully saturated rings. The number of thioether (sulfide) groups is 1. The summed E-state index contributed by atoms with van der Waals surface area (Å²) >= 11 is 1.65. The number of aromatic nitrogens is 2. The maximum absolute atomic E-state index is 12.2. The molecular formula is C15H17N5OS. The zero-order valence-electron chi connectivity index (χ0n) is 12.2. The Morgan fingerprint density at radius 1 is 1.36 bits per heavy atom. The highest BCUT2D eigenvalue weighted by Gasteiger charge is 2.33. The van der Waals surface area contributed by atoms with Crippen LogP contribution in [0.1, 0.15) is 34.8 Å². The Morgan fingerprint density at radius 2 is 2.09 bits per heavy atom. The summed E-state index contributed by atoms with van der Waals surface area (Å²) in [5.41, 5.74) is 13.0. The van der Waals surface area contributed by atoms with Crippen molar-refractivity contribution in [1.82, 2.24) is 9.78 Å². The number of rotatable bonds is 4. The van der Waals surface area contributed by atoms with E-state index in [9.17, 15) is 4.79 Å². The lowest BCUT2D eigenvalue weighted by Crippen LogP contribution is -2.24. The van der Waals surface area contributed by atoms with Gasteiger partial charge in [0.15, 0.2) is 5.96 Å². The van der Waals surface area contributed by atoms with E-state index in [1.807, 2.05) is 35.2 Å². The number of aliphatic imine (C=N–C) groups is 1. The van der Waals surface area contributed by atoms with Crippen molar-refractivity contribution in [3.63, 3.8) is 0 Å². The molecule has 1 saturated carbocycles. The summed E-state index contributed by atoms with van der Waals surface area (Å²) in [6.07, 6.45) is 5.68. The standard InChI is InChI=1S/C15H17N5OS/c1-22-12-5-3-2-4-11(12)20-13(9-6-7-9)10(8-18-20)14(21)19-15(16)17/h2-5,8-9H,6-7H2,1H3,(H4,16,17,19,21). The number of nitrogens with zero attached hydrogens (tertiary/aromatic N) is 3.